The molecule has 2 heterocycles. The third-order valence-corrected chi connectivity index (χ3v) is 5.25. The first-order valence-corrected chi connectivity index (χ1v) is 9.77. The summed E-state index contributed by atoms with van der Waals surface area (Å²) in [6.07, 6.45) is -7.95. The Kier molecular flexibility index (Phi) is 7.82. The molecule has 2 fully saturated rings. The van der Waals surface area contributed by atoms with Gasteiger partial charge in [-0.05, 0) is 23.8 Å². The summed E-state index contributed by atoms with van der Waals surface area (Å²) in [6.45, 7) is -1.86. The lowest BCUT2D eigenvalue weighted by Gasteiger charge is -2.42. The van der Waals surface area contributed by atoms with Crippen LogP contribution >= 0.6 is 0 Å². The van der Waals surface area contributed by atoms with Crippen molar-refractivity contribution in [3.8, 4) is 5.75 Å². The zero-order chi connectivity index (χ0) is 23.5. The van der Waals surface area contributed by atoms with Crippen molar-refractivity contribution in [3.05, 3.63) is 35.9 Å². The Morgan fingerprint density at radius 2 is 1.81 bits per heavy atom. The molecule has 0 bridgehead atoms. The van der Waals surface area contributed by atoms with Gasteiger partial charge in [-0.15, -0.1) is 0 Å². The fourth-order valence-electron chi connectivity index (χ4n) is 3.32. The fraction of sp³-hybridized carbons (Fsp3) is 0.550. The minimum atomic E-state index is -1.97. The molecule has 178 valence electrons. The van der Waals surface area contributed by atoms with Crippen molar-refractivity contribution in [2.24, 2.45) is 0 Å². The third-order valence-electron chi connectivity index (χ3n) is 5.25. The Labute approximate surface area is 182 Å². The quantitative estimate of drug-likeness (QED) is 0.201. The molecule has 3 rings (SSSR count). The Balaban J connectivity index is 1.76. The number of hydrogen-bond donors (Lipinski definition) is 7. The highest BCUT2D eigenvalue weighted by Gasteiger charge is 2.53. The first-order valence-electron chi connectivity index (χ1n) is 9.77. The molecule has 8 atom stereocenters. The topological polar surface area (TPSA) is 196 Å². The van der Waals surface area contributed by atoms with E-state index in [-0.39, 0.29) is 5.75 Å². The molecule has 2 aliphatic rings. The third kappa shape index (κ3) is 5.26. The molecular formula is C20H26O12. The molecule has 0 spiro atoms. The molecule has 7 N–H and O–H groups in total. The molecule has 12 heteroatoms. The second kappa shape index (κ2) is 10.2. The number of carboxylic acid groups (broad SMARTS) is 1. The van der Waals surface area contributed by atoms with Gasteiger partial charge in [0.2, 0.25) is 6.29 Å². The zero-order valence-electron chi connectivity index (χ0n) is 16.8. The minimum absolute atomic E-state index is 0.233. The number of rotatable bonds is 8. The Bertz CT molecular complexity index is 798. The van der Waals surface area contributed by atoms with E-state index in [1.54, 1.807) is 12.1 Å². The molecule has 1 aromatic carbocycles. The summed E-state index contributed by atoms with van der Waals surface area (Å²) >= 11 is 0. The molecule has 1 aromatic rings. The standard InChI is InChI=1S/C20H26O12/c21-7-12-14(25)15(26)16(32-19-17(27)20(28,8-22)9-29-19)18(31-12)30-11-4-1-10(2-5-11)3-6-13(23)24/h1-6,12,14-19,21-22,25-28H,7-9H2,(H,23,24)/b6-3-/t12-,14-,15+,16-,17+,18-,19+,20-/m1/s1. The molecule has 12 nitrogen and oxygen atoms in total. The summed E-state index contributed by atoms with van der Waals surface area (Å²) in [5.74, 6) is -0.871. The van der Waals surface area contributed by atoms with E-state index in [0.29, 0.717) is 5.56 Å². The summed E-state index contributed by atoms with van der Waals surface area (Å²) in [6, 6.07) is 6.12. The molecule has 0 unspecified atom stereocenters. The Hall–Kier alpha value is -2.13. The van der Waals surface area contributed by atoms with Gasteiger partial charge in [0, 0.05) is 6.08 Å². The Morgan fingerprint density at radius 1 is 1.12 bits per heavy atom. The van der Waals surface area contributed by atoms with Crippen molar-refractivity contribution in [2.45, 2.75) is 48.7 Å². The van der Waals surface area contributed by atoms with E-state index in [1.165, 1.54) is 18.2 Å². The maximum atomic E-state index is 10.6. The molecule has 0 aromatic heterocycles. The van der Waals surface area contributed by atoms with Crippen molar-refractivity contribution in [3.63, 3.8) is 0 Å². The SMILES string of the molecule is O=C(O)/C=C\c1ccc(O[C@@H]2O[C@H](CO)[C@@H](O)[C@H](O)[C@H]2O[C@@H]2OC[C@](O)(CO)[C@H]2O)cc1. The number of aliphatic hydroxyl groups excluding tert-OH is 5. The van der Waals surface area contributed by atoms with Gasteiger partial charge in [-0.3, -0.25) is 0 Å². The van der Waals surface area contributed by atoms with Gasteiger partial charge in [0.15, 0.2) is 12.4 Å². The van der Waals surface area contributed by atoms with Crippen LogP contribution in [0.15, 0.2) is 30.3 Å². The van der Waals surface area contributed by atoms with E-state index in [9.17, 15) is 35.4 Å². The lowest BCUT2D eigenvalue weighted by atomic mass is 9.98. The summed E-state index contributed by atoms with van der Waals surface area (Å²) < 4.78 is 22.0. The van der Waals surface area contributed by atoms with E-state index in [4.69, 9.17) is 24.1 Å². The van der Waals surface area contributed by atoms with E-state index >= 15 is 0 Å². The fourth-order valence-corrected chi connectivity index (χ4v) is 3.32. The van der Waals surface area contributed by atoms with Crippen molar-refractivity contribution in [2.75, 3.05) is 19.8 Å². The highest BCUT2D eigenvalue weighted by molar-refractivity contribution is 5.85. The maximum absolute atomic E-state index is 10.6. The van der Waals surface area contributed by atoms with Crippen LogP contribution in [-0.2, 0) is 19.0 Å². The second-order valence-electron chi connectivity index (χ2n) is 7.55. The van der Waals surface area contributed by atoms with E-state index < -0.39 is 74.5 Å². The number of benzene rings is 1. The summed E-state index contributed by atoms with van der Waals surface area (Å²) in [5, 5.41) is 68.5. The summed E-state index contributed by atoms with van der Waals surface area (Å²) in [4.78, 5) is 10.6. The van der Waals surface area contributed by atoms with Crippen molar-refractivity contribution >= 4 is 12.0 Å². The van der Waals surface area contributed by atoms with Crippen LogP contribution in [-0.4, -0.2) is 110 Å². The van der Waals surface area contributed by atoms with E-state index in [2.05, 4.69) is 0 Å². The van der Waals surface area contributed by atoms with Gasteiger partial charge in [0.25, 0.3) is 0 Å². The number of hydrogen-bond acceptors (Lipinski definition) is 11. The smallest absolute Gasteiger partial charge is 0.328 e. The van der Waals surface area contributed by atoms with Gasteiger partial charge in [0.1, 0.15) is 35.8 Å². The molecule has 2 aliphatic heterocycles. The lowest BCUT2D eigenvalue weighted by molar-refractivity contribution is -0.318. The van der Waals surface area contributed by atoms with Crippen LogP contribution in [0, 0.1) is 0 Å². The number of aliphatic carboxylic acids is 1. The maximum Gasteiger partial charge on any atom is 0.328 e. The van der Waals surface area contributed by atoms with Crippen LogP contribution in [0.1, 0.15) is 5.56 Å². The van der Waals surface area contributed by atoms with Crippen LogP contribution in [0.3, 0.4) is 0 Å². The van der Waals surface area contributed by atoms with Gasteiger partial charge in [-0.1, -0.05) is 12.1 Å². The predicted molar refractivity (Wildman–Crippen MR) is 104 cm³/mol. The predicted octanol–water partition coefficient (Wildman–Crippen LogP) is -2.57. The summed E-state index contributed by atoms with van der Waals surface area (Å²) in [7, 11) is 0. The highest BCUT2D eigenvalue weighted by atomic mass is 16.8. The Morgan fingerprint density at radius 3 is 2.38 bits per heavy atom. The van der Waals surface area contributed by atoms with Crippen LogP contribution in [0.2, 0.25) is 0 Å². The molecule has 0 aliphatic carbocycles. The van der Waals surface area contributed by atoms with Gasteiger partial charge in [0.05, 0.1) is 19.8 Å². The largest absolute Gasteiger partial charge is 0.478 e. The average Bonchev–Trinajstić information content (AvgIpc) is 3.07. The number of carbonyl (C=O) groups is 1. The number of ether oxygens (including phenoxy) is 4. The normalized spacial score (nSPS) is 37.6. The van der Waals surface area contributed by atoms with Crippen molar-refractivity contribution in [1.29, 1.82) is 0 Å². The van der Waals surface area contributed by atoms with Gasteiger partial charge in [-0.2, -0.15) is 0 Å². The van der Waals surface area contributed by atoms with Crippen LogP contribution in [0.5, 0.6) is 5.75 Å². The average molecular weight is 458 g/mol. The molecule has 0 amide bonds. The molecule has 2 saturated heterocycles. The van der Waals surface area contributed by atoms with Gasteiger partial charge < -0.3 is 54.7 Å². The first-order chi connectivity index (χ1) is 15.2. The first kappa shape index (κ1) is 24.5. The number of carboxylic acids is 1. The minimum Gasteiger partial charge on any atom is -0.478 e. The molecular weight excluding hydrogens is 432 g/mol. The second-order valence-corrected chi connectivity index (χ2v) is 7.55. The summed E-state index contributed by atoms with van der Waals surface area (Å²) in [5.41, 5.74) is -1.39. The molecule has 0 radical (unpaired) electrons. The monoisotopic (exact) mass is 458 g/mol. The van der Waals surface area contributed by atoms with E-state index in [0.717, 1.165) is 6.08 Å². The zero-order valence-corrected chi connectivity index (χ0v) is 16.8. The van der Waals surface area contributed by atoms with Crippen molar-refractivity contribution < 1.29 is 59.5 Å². The van der Waals surface area contributed by atoms with Crippen molar-refractivity contribution in [1.82, 2.24) is 0 Å². The van der Waals surface area contributed by atoms with E-state index in [1.807, 2.05) is 0 Å². The highest BCUT2D eigenvalue weighted by Crippen LogP contribution is 2.32. The lowest BCUT2D eigenvalue weighted by Crippen LogP contribution is -2.62. The van der Waals surface area contributed by atoms with Crippen LogP contribution in [0.25, 0.3) is 6.08 Å². The molecule has 0 saturated carbocycles. The van der Waals surface area contributed by atoms with Gasteiger partial charge in [-0.25, -0.2) is 4.79 Å². The van der Waals surface area contributed by atoms with Gasteiger partial charge >= 0.3 is 5.97 Å². The van der Waals surface area contributed by atoms with Crippen LogP contribution < -0.4 is 4.74 Å². The van der Waals surface area contributed by atoms with Crippen LogP contribution in [0.4, 0.5) is 0 Å². The number of aliphatic hydroxyl groups is 6. The molecule has 32 heavy (non-hydrogen) atoms.